The molecule has 1 heterocycles. The molecule has 5 nitrogen and oxygen atoms in total. The number of carboxylic acid groups (broad SMARTS) is 1. The molecule has 1 aromatic carbocycles. The summed E-state index contributed by atoms with van der Waals surface area (Å²) in [5, 5.41) is 8.71. The van der Waals surface area contributed by atoms with Gasteiger partial charge in [-0.05, 0) is 12.1 Å². The van der Waals surface area contributed by atoms with Crippen LogP contribution in [0.15, 0.2) is 12.1 Å². The Morgan fingerprint density at radius 1 is 1.35 bits per heavy atom. The summed E-state index contributed by atoms with van der Waals surface area (Å²) in [6.07, 6.45) is -1.09. The van der Waals surface area contributed by atoms with Gasteiger partial charge in [-0.25, -0.2) is 9.18 Å². The summed E-state index contributed by atoms with van der Waals surface area (Å²) >= 11 is 11.4. The number of halogens is 3. The van der Waals surface area contributed by atoms with E-state index in [4.69, 9.17) is 33.0 Å². The average molecular weight is 322 g/mol. The fourth-order valence-corrected chi connectivity index (χ4v) is 2.30. The van der Waals surface area contributed by atoms with Crippen LogP contribution in [0.4, 0.5) is 4.39 Å². The van der Waals surface area contributed by atoms with E-state index in [0.29, 0.717) is 0 Å². The van der Waals surface area contributed by atoms with Crippen LogP contribution >= 0.6 is 23.2 Å². The maximum atomic E-state index is 13.4. The lowest BCUT2D eigenvalue weighted by Gasteiger charge is -2.31. The van der Waals surface area contributed by atoms with Gasteiger partial charge in [-0.2, -0.15) is 0 Å². The number of amides is 1. The number of benzene rings is 1. The third-order valence-electron chi connectivity index (χ3n) is 2.87. The van der Waals surface area contributed by atoms with Crippen molar-refractivity contribution in [1.82, 2.24) is 4.90 Å². The number of carbonyl (C=O) groups excluding carboxylic acids is 1. The lowest BCUT2D eigenvalue weighted by Crippen LogP contribution is -2.48. The van der Waals surface area contributed by atoms with Crippen molar-refractivity contribution in [3.8, 4) is 0 Å². The second-order valence-electron chi connectivity index (χ2n) is 4.20. The Morgan fingerprint density at radius 3 is 2.70 bits per heavy atom. The van der Waals surface area contributed by atoms with E-state index in [1.165, 1.54) is 4.90 Å². The molecule has 0 aromatic heterocycles. The van der Waals surface area contributed by atoms with Gasteiger partial charge in [0.1, 0.15) is 5.82 Å². The molecule has 8 heteroatoms. The van der Waals surface area contributed by atoms with Gasteiger partial charge in [0, 0.05) is 6.54 Å². The van der Waals surface area contributed by atoms with E-state index < -0.39 is 23.8 Å². The largest absolute Gasteiger partial charge is 0.479 e. The van der Waals surface area contributed by atoms with Crippen molar-refractivity contribution < 1.29 is 23.8 Å². The Kier molecular flexibility index (Phi) is 4.47. The number of rotatable bonds is 2. The van der Waals surface area contributed by atoms with E-state index in [-0.39, 0.29) is 35.3 Å². The Balaban J connectivity index is 2.23. The Morgan fingerprint density at radius 2 is 2.05 bits per heavy atom. The minimum Gasteiger partial charge on any atom is -0.479 e. The number of nitrogens with zero attached hydrogens (tertiary/aromatic N) is 1. The summed E-state index contributed by atoms with van der Waals surface area (Å²) in [5.74, 6) is -2.47. The third-order valence-corrected chi connectivity index (χ3v) is 3.47. The molecular weight excluding hydrogens is 312 g/mol. The van der Waals surface area contributed by atoms with Crippen molar-refractivity contribution in [2.75, 3.05) is 19.7 Å². The molecule has 2 rings (SSSR count). The van der Waals surface area contributed by atoms with Gasteiger partial charge in [-0.1, -0.05) is 23.2 Å². The lowest BCUT2D eigenvalue weighted by molar-refractivity contribution is -0.154. The van der Waals surface area contributed by atoms with Crippen molar-refractivity contribution in [2.45, 2.75) is 6.10 Å². The second kappa shape index (κ2) is 5.95. The fraction of sp³-hybridized carbons (Fsp3) is 0.333. The summed E-state index contributed by atoms with van der Waals surface area (Å²) in [5.41, 5.74) is -0.0559. The van der Waals surface area contributed by atoms with Crippen LogP contribution in [0.5, 0.6) is 0 Å². The van der Waals surface area contributed by atoms with Gasteiger partial charge in [-0.3, -0.25) is 4.79 Å². The number of aliphatic carboxylic acids is 1. The topological polar surface area (TPSA) is 66.8 Å². The minimum absolute atomic E-state index is 0.0137. The Hall–Kier alpha value is -1.37. The van der Waals surface area contributed by atoms with E-state index in [1.807, 2.05) is 0 Å². The normalized spacial score (nSPS) is 18.9. The summed E-state index contributed by atoms with van der Waals surface area (Å²) in [6.45, 7) is 0.189. The second-order valence-corrected chi connectivity index (χ2v) is 5.01. The Labute approximate surface area is 123 Å². The Bertz CT molecular complexity index is 567. The summed E-state index contributed by atoms with van der Waals surface area (Å²) in [4.78, 5) is 24.4. The monoisotopic (exact) mass is 321 g/mol. The molecule has 1 aliphatic heterocycles. The maximum Gasteiger partial charge on any atom is 0.334 e. The first-order valence-corrected chi connectivity index (χ1v) is 6.44. The zero-order chi connectivity index (χ0) is 14.9. The zero-order valence-electron chi connectivity index (χ0n) is 10.1. The van der Waals surface area contributed by atoms with Gasteiger partial charge in [0.05, 0.1) is 28.8 Å². The molecule has 1 atom stereocenters. The minimum atomic E-state index is -1.16. The number of morpholine rings is 1. The van der Waals surface area contributed by atoms with Gasteiger partial charge in [0.25, 0.3) is 5.91 Å². The predicted molar refractivity (Wildman–Crippen MR) is 69.7 cm³/mol. The number of carbonyl (C=O) groups is 2. The smallest absolute Gasteiger partial charge is 0.334 e. The number of hydrogen-bond donors (Lipinski definition) is 1. The van der Waals surface area contributed by atoms with Crippen molar-refractivity contribution in [3.63, 3.8) is 0 Å². The van der Waals surface area contributed by atoms with Gasteiger partial charge in [0.15, 0.2) is 6.10 Å². The van der Waals surface area contributed by atoms with Crippen molar-refractivity contribution in [3.05, 3.63) is 33.6 Å². The molecule has 1 amide bonds. The first-order chi connectivity index (χ1) is 9.40. The molecule has 0 unspecified atom stereocenters. The summed E-state index contributed by atoms with van der Waals surface area (Å²) in [7, 11) is 0. The van der Waals surface area contributed by atoms with E-state index in [1.54, 1.807) is 0 Å². The maximum absolute atomic E-state index is 13.4. The first-order valence-electron chi connectivity index (χ1n) is 5.68. The van der Waals surface area contributed by atoms with E-state index >= 15 is 0 Å². The standard InChI is InChI=1S/C12H10Cl2FNO4/c13-7-4-8(14)9(15)3-6(7)11(17)16-1-2-20-10(5-16)12(18)19/h3-4,10H,1-2,5H2,(H,18,19)/t10-/m0/s1. The van der Waals surface area contributed by atoms with Crippen LogP contribution in [-0.2, 0) is 9.53 Å². The number of carboxylic acids is 1. The number of ether oxygens (including phenoxy) is 1. The van der Waals surface area contributed by atoms with Crippen LogP contribution in [0.3, 0.4) is 0 Å². The van der Waals surface area contributed by atoms with Crippen molar-refractivity contribution in [2.24, 2.45) is 0 Å². The molecule has 108 valence electrons. The average Bonchev–Trinajstić information content (AvgIpc) is 2.42. The molecule has 0 aliphatic carbocycles. The first kappa shape index (κ1) is 15.0. The molecule has 1 fully saturated rings. The van der Waals surface area contributed by atoms with Gasteiger partial charge in [0.2, 0.25) is 0 Å². The zero-order valence-corrected chi connectivity index (χ0v) is 11.6. The molecule has 1 N–H and O–H groups in total. The SMILES string of the molecule is O=C(O)[C@@H]1CN(C(=O)c2cc(F)c(Cl)cc2Cl)CCO1. The molecule has 1 saturated heterocycles. The molecular formula is C12H10Cl2FNO4. The van der Waals surface area contributed by atoms with Crippen LogP contribution in [0.2, 0.25) is 10.0 Å². The highest BCUT2D eigenvalue weighted by molar-refractivity contribution is 6.36. The molecule has 0 radical (unpaired) electrons. The van der Waals surface area contributed by atoms with Crippen molar-refractivity contribution >= 4 is 35.1 Å². The molecule has 1 aliphatic rings. The fourth-order valence-electron chi connectivity index (χ4n) is 1.84. The van der Waals surface area contributed by atoms with Gasteiger partial charge >= 0.3 is 5.97 Å². The van der Waals surface area contributed by atoms with E-state index in [0.717, 1.165) is 12.1 Å². The van der Waals surface area contributed by atoms with Crippen LogP contribution in [0.1, 0.15) is 10.4 Å². The molecule has 20 heavy (non-hydrogen) atoms. The summed E-state index contributed by atoms with van der Waals surface area (Å²) in [6, 6.07) is 2.08. The van der Waals surface area contributed by atoms with Crippen molar-refractivity contribution in [1.29, 1.82) is 0 Å². The van der Waals surface area contributed by atoms with Crippen LogP contribution in [0.25, 0.3) is 0 Å². The van der Waals surface area contributed by atoms with E-state index in [2.05, 4.69) is 0 Å². The van der Waals surface area contributed by atoms with Crippen LogP contribution in [0, 0.1) is 5.82 Å². The summed E-state index contributed by atoms with van der Waals surface area (Å²) < 4.78 is 18.4. The highest BCUT2D eigenvalue weighted by Gasteiger charge is 2.30. The molecule has 0 bridgehead atoms. The quantitative estimate of drug-likeness (QED) is 0.847. The van der Waals surface area contributed by atoms with Gasteiger partial charge < -0.3 is 14.7 Å². The van der Waals surface area contributed by atoms with E-state index in [9.17, 15) is 14.0 Å². The highest BCUT2D eigenvalue weighted by Crippen LogP contribution is 2.26. The predicted octanol–water partition coefficient (Wildman–Crippen LogP) is 2.06. The van der Waals surface area contributed by atoms with Crippen LogP contribution in [-0.4, -0.2) is 47.7 Å². The lowest BCUT2D eigenvalue weighted by atomic mass is 10.1. The molecule has 0 saturated carbocycles. The molecule has 0 spiro atoms. The number of hydrogen-bond acceptors (Lipinski definition) is 3. The third kappa shape index (κ3) is 3.03. The highest BCUT2D eigenvalue weighted by atomic mass is 35.5. The van der Waals surface area contributed by atoms with Gasteiger partial charge in [-0.15, -0.1) is 0 Å². The molecule has 1 aromatic rings. The van der Waals surface area contributed by atoms with Crippen LogP contribution < -0.4 is 0 Å².